The van der Waals surface area contributed by atoms with Gasteiger partial charge < -0.3 is 10.2 Å². The quantitative estimate of drug-likeness (QED) is 0.821. The van der Waals surface area contributed by atoms with Crippen LogP contribution in [0.4, 0.5) is 11.6 Å². The molecule has 1 aromatic rings. The van der Waals surface area contributed by atoms with Crippen molar-refractivity contribution in [1.82, 2.24) is 9.97 Å². The zero-order valence-corrected chi connectivity index (χ0v) is 14.1. The molecule has 0 fully saturated rings. The molecule has 0 aliphatic heterocycles. The lowest BCUT2D eigenvalue weighted by Gasteiger charge is -2.30. The fraction of sp³-hybridized carbons (Fsp3) is 0.750. The molecule has 20 heavy (non-hydrogen) atoms. The van der Waals surface area contributed by atoms with Crippen LogP contribution in [0.15, 0.2) is 6.33 Å². The van der Waals surface area contributed by atoms with E-state index in [1.165, 1.54) is 5.56 Å². The minimum atomic E-state index is 0.397. The maximum absolute atomic E-state index is 4.55. The molecule has 0 spiro atoms. The molecule has 1 unspecified atom stereocenters. The van der Waals surface area contributed by atoms with E-state index in [2.05, 4.69) is 68.8 Å². The van der Waals surface area contributed by atoms with E-state index in [0.717, 1.165) is 24.6 Å². The van der Waals surface area contributed by atoms with Crippen LogP contribution in [-0.4, -0.2) is 29.6 Å². The summed E-state index contributed by atoms with van der Waals surface area (Å²) in [5, 5.41) is 3.35. The van der Waals surface area contributed by atoms with E-state index < -0.39 is 0 Å². The second kappa shape index (κ2) is 7.46. The van der Waals surface area contributed by atoms with Gasteiger partial charge in [-0.15, -0.1) is 0 Å². The first-order chi connectivity index (χ1) is 9.38. The van der Waals surface area contributed by atoms with Crippen molar-refractivity contribution in [2.45, 2.75) is 59.9 Å². The van der Waals surface area contributed by atoms with Crippen molar-refractivity contribution in [2.24, 2.45) is 5.92 Å². The average molecular weight is 278 g/mol. The summed E-state index contributed by atoms with van der Waals surface area (Å²) in [6, 6.07) is 0.469. The molecule has 4 nitrogen and oxygen atoms in total. The first-order valence-corrected chi connectivity index (χ1v) is 7.70. The molecular weight excluding hydrogens is 248 g/mol. The van der Waals surface area contributed by atoms with Crippen LogP contribution in [0.5, 0.6) is 0 Å². The zero-order chi connectivity index (χ0) is 15.3. The first kappa shape index (κ1) is 16.7. The summed E-state index contributed by atoms with van der Waals surface area (Å²) in [6.07, 6.45) is 2.83. The molecular formula is C16H30N4. The highest BCUT2D eigenvalue weighted by Crippen LogP contribution is 2.31. The highest BCUT2D eigenvalue weighted by molar-refractivity contribution is 5.60. The van der Waals surface area contributed by atoms with Gasteiger partial charge in [-0.25, -0.2) is 9.97 Å². The largest absolute Gasteiger partial charge is 0.370 e. The number of aromatic nitrogens is 2. The van der Waals surface area contributed by atoms with E-state index in [-0.39, 0.29) is 0 Å². The lowest BCUT2D eigenvalue weighted by molar-refractivity contribution is 0.500. The van der Waals surface area contributed by atoms with E-state index >= 15 is 0 Å². The van der Waals surface area contributed by atoms with Crippen LogP contribution in [0.25, 0.3) is 0 Å². The Labute approximate surface area is 124 Å². The van der Waals surface area contributed by atoms with Gasteiger partial charge in [-0.05, 0) is 32.1 Å². The van der Waals surface area contributed by atoms with Crippen molar-refractivity contribution in [3.63, 3.8) is 0 Å². The standard InChI is InChI=1S/C16H30N4/c1-8-17-15-14(12(4)5)16(19-10-18-15)20(7)13(6)9-11(2)3/h10-13H,8-9H2,1-7H3,(H,17,18,19). The highest BCUT2D eigenvalue weighted by Gasteiger charge is 2.21. The second-order valence-corrected chi connectivity index (χ2v) is 6.23. The number of nitrogens with zero attached hydrogens (tertiary/aromatic N) is 3. The summed E-state index contributed by atoms with van der Waals surface area (Å²) in [4.78, 5) is 11.2. The number of rotatable bonds is 7. The molecule has 0 saturated heterocycles. The summed E-state index contributed by atoms with van der Waals surface area (Å²) in [5.74, 6) is 3.11. The SMILES string of the molecule is CCNc1ncnc(N(C)C(C)CC(C)C)c1C(C)C. The van der Waals surface area contributed by atoms with Gasteiger partial charge >= 0.3 is 0 Å². The van der Waals surface area contributed by atoms with Gasteiger partial charge in [0.2, 0.25) is 0 Å². The fourth-order valence-corrected chi connectivity index (χ4v) is 2.56. The Morgan fingerprint density at radius 3 is 2.30 bits per heavy atom. The van der Waals surface area contributed by atoms with Gasteiger partial charge in [0.25, 0.3) is 0 Å². The minimum absolute atomic E-state index is 0.397. The smallest absolute Gasteiger partial charge is 0.137 e. The Morgan fingerprint density at radius 1 is 1.15 bits per heavy atom. The summed E-state index contributed by atoms with van der Waals surface area (Å²) in [5.41, 5.74) is 1.22. The Kier molecular flexibility index (Phi) is 6.24. The number of nitrogens with one attached hydrogen (secondary N) is 1. The van der Waals surface area contributed by atoms with Gasteiger partial charge in [-0.3, -0.25) is 0 Å². The van der Waals surface area contributed by atoms with E-state index in [1.807, 2.05) is 0 Å². The molecule has 1 N–H and O–H groups in total. The van der Waals surface area contributed by atoms with Crippen molar-refractivity contribution >= 4 is 11.6 Å². The van der Waals surface area contributed by atoms with Crippen molar-refractivity contribution in [3.8, 4) is 0 Å². The number of anilines is 2. The van der Waals surface area contributed by atoms with Crippen LogP contribution >= 0.6 is 0 Å². The first-order valence-electron chi connectivity index (χ1n) is 7.70. The van der Waals surface area contributed by atoms with Gasteiger partial charge in [0.05, 0.1) is 0 Å². The zero-order valence-electron chi connectivity index (χ0n) is 14.1. The van der Waals surface area contributed by atoms with Gasteiger partial charge in [0, 0.05) is 25.2 Å². The number of hydrogen-bond donors (Lipinski definition) is 1. The van der Waals surface area contributed by atoms with Crippen molar-refractivity contribution in [3.05, 3.63) is 11.9 Å². The lowest BCUT2D eigenvalue weighted by Crippen LogP contribution is -2.32. The van der Waals surface area contributed by atoms with Crippen LogP contribution in [0.3, 0.4) is 0 Å². The summed E-state index contributed by atoms with van der Waals surface area (Å²) < 4.78 is 0. The molecule has 1 rings (SSSR count). The molecule has 0 radical (unpaired) electrons. The fourth-order valence-electron chi connectivity index (χ4n) is 2.56. The topological polar surface area (TPSA) is 41.1 Å². The summed E-state index contributed by atoms with van der Waals surface area (Å²) >= 11 is 0. The number of hydrogen-bond acceptors (Lipinski definition) is 4. The molecule has 1 atom stereocenters. The third-order valence-electron chi connectivity index (χ3n) is 3.59. The highest BCUT2D eigenvalue weighted by atomic mass is 15.2. The predicted octanol–water partition coefficient (Wildman–Crippen LogP) is 3.90. The lowest BCUT2D eigenvalue weighted by atomic mass is 10.0. The summed E-state index contributed by atoms with van der Waals surface area (Å²) in [7, 11) is 2.14. The predicted molar refractivity (Wildman–Crippen MR) is 87.6 cm³/mol. The molecule has 0 aromatic carbocycles. The van der Waals surface area contributed by atoms with E-state index in [0.29, 0.717) is 17.9 Å². The summed E-state index contributed by atoms with van der Waals surface area (Å²) in [6.45, 7) is 14.2. The Hall–Kier alpha value is -1.32. The van der Waals surface area contributed by atoms with Crippen LogP contribution in [0.2, 0.25) is 0 Å². The normalized spacial score (nSPS) is 12.8. The molecule has 114 valence electrons. The van der Waals surface area contributed by atoms with E-state index in [1.54, 1.807) is 6.33 Å². The maximum Gasteiger partial charge on any atom is 0.137 e. The third-order valence-corrected chi connectivity index (χ3v) is 3.59. The maximum atomic E-state index is 4.55. The van der Waals surface area contributed by atoms with Gasteiger partial charge in [0.1, 0.15) is 18.0 Å². The molecule has 1 aromatic heterocycles. The van der Waals surface area contributed by atoms with Gasteiger partial charge in [-0.2, -0.15) is 0 Å². The molecule has 0 bridgehead atoms. The van der Waals surface area contributed by atoms with Crippen molar-refractivity contribution in [2.75, 3.05) is 23.8 Å². The van der Waals surface area contributed by atoms with Crippen LogP contribution in [0, 0.1) is 5.92 Å². The van der Waals surface area contributed by atoms with E-state index in [4.69, 9.17) is 0 Å². The minimum Gasteiger partial charge on any atom is -0.370 e. The van der Waals surface area contributed by atoms with Gasteiger partial charge in [-0.1, -0.05) is 27.7 Å². The molecule has 0 saturated carbocycles. The van der Waals surface area contributed by atoms with E-state index in [9.17, 15) is 0 Å². The molecule has 0 aliphatic rings. The third kappa shape index (κ3) is 4.09. The molecule has 1 heterocycles. The Morgan fingerprint density at radius 2 is 1.80 bits per heavy atom. The monoisotopic (exact) mass is 278 g/mol. The van der Waals surface area contributed by atoms with Crippen LogP contribution in [-0.2, 0) is 0 Å². The van der Waals surface area contributed by atoms with Crippen molar-refractivity contribution in [1.29, 1.82) is 0 Å². The molecule has 0 amide bonds. The molecule has 4 heteroatoms. The van der Waals surface area contributed by atoms with Crippen LogP contribution < -0.4 is 10.2 Å². The second-order valence-electron chi connectivity index (χ2n) is 6.23. The average Bonchev–Trinajstić information content (AvgIpc) is 2.36. The van der Waals surface area contributed by atoms with Gasteiger partial charge in [0.15, 0.2) is 0 Å². The van der Waals surface area contributed by atoms with Crippen LogP contribution in [0.1, 0.15) is 59.4 Å². The molecule has 0 aliphatic carbocycles. The van der Waals surface area contributed by atoms with Crippen molar-refractivity contribution < 1.29 is 0 Å². The Bertz CT molecular complexity index is 415. The Balaban J connectivity index is 3.12.